The highest BCUT2D eigenvalue weighted by Crippen LogP contribution is 2.07. The number of amides is 6. The summed E-state index contributed by atoms with van der Waals surface area (Å²) in [5.74, 6) is -1.23. The van der Waals surface area contributed by atoms with E-state index >= 15 is 0 Å². The molecule has 0 fully saturated rings. The van der Waals surface area contributed by atoms with E-state index < -0.39 is 35.2 Å². The molecule has 6 amide bonds. The predicted molar refractivity (Wildman–Crippen MR) is 241 cm³/mol. The highest BCUT2D eigenvalue weighted by atomic mass is 16.6. The number of carbonyl (C=O) groups excluding carboxylic acids is 6. The lowest BCUT2D eigenvalue weighted by atomic mass is 10.2. The molecule has 1 rings (SSSR count). The van der Waals surface area contributed by atoms with E-state index in [4.69, 9.17) is 56.8 Å². The second-order valence-electron chi connectivity index (χ2n) is 16.4. The first-order valence-electron chi connectivity index (χ1n) is 22.9. The molecule has 3 N–H and O–H groups in total. The molecule has 23 heteroatoms. The van der Waals surface area contributed by atoms with Gasteiger partial charge in [0, 0.05) is 57.8 Å². The number of hydrogen-bond acceptors (Lipinski definition) is 18. The molecule has 0 aromatic heterocycles. The van der Waals surface area contributed by atoms with Crippen molar-refractivity contribution in [3.63, 3.8) is 0 Å². The van der Waals surface area contributed by atoms with Gasteiger partial charge in [0.05, 0.1) is 139 Å². The van der Waals surface area contributed by atoms with E-state index in [0.29, 0.717) is 152 Å². The van der Waals surface area contributed by atoms with Gasteiger partial charge < -0.3 is 77.7 Å². The van der Waals surface area contributed by atoms with Crippen LogP contribution in [0.5, 0.6) is 0 Å². The lowest BCUT2D eigenvalue weighted by molar-refractivity contribution is -0.137. The maximum atomic E-state index is 13.1. The Hall–Kier alpha value is -4.04. The summed E-state index contributed by atoms with van der Waals surface area (Å²) in [5, 5.41) is 7.92. The van der Waals surface area contributed by atoms with Gasteiger partial charge in [0.25, 0.3) is 11.8 Å². The van der Waals surface area contributed by atoms with Gasteiger partial charge in [-0.05, 0) is 41.5 Å². The lowest BCUT2D eigenvalue weighted by Gasteiger charge is -2.23. The van der Waals surface area contributed by atoms with Crippen molar-refractivity contribution < 1.29 is 85.6 Å². The number of nitrogens with zero attached hydrogens (tertiary/aromatic N) is 2. The van der Waals surface area contributed by atoms with E-state index in [9.17, 15) is 28.8 Å². The van der Waals surface area contributed by atoms with E-state index in [-0.39, 0.29) is 44.4 Å². The number of carbonyl (C=O) groups is 6. The van der Waals surface area contributed by atoms with Gasteiger partial charge >= 0.3 is 12.2 Å². The number of imide groups is 1. The summed E-state index contributed by atoms with van der Waals surface area (Å²) < 4.78 is 65.8. The fourth-order valence-corrected chi connectivity index (χ4v) is 5.17. The van der Waals surface area contributed by atoms with Crippen molar-refractivity contribution >= 4 is 35.8 Å². The predicted octanol–water partition coefficient (Wildman–Crippen LogP) is 0.852. The lowest BCUT2D eigenvalue weighted by Crippen LogP contribution is -2.37. The van der Waals surface area contributed by atoms with Crippen LogP contribution >= 0.6 is 0 Å². The Labute approximate surface area is 395 Å². The highest BCUT2D eigenvalue weighted by molar-refractivity contribution is 6.13. The molecule has 67 heavy (non-hydrogen) atoms. The number of nitrogens with one attached hydrogen (secondary N) is 3. The SMILES string of the molecule is CC(C)(C)OC(=O)NCCOCCOCCOCCN(CCOCCOCCOCCNC(=O)OC(C)(C)C)C(=O)CCOCCOCCOCCOCCNC(=O)CCN1C(=O)C=CC1=O. The first-order chi connectivity index (χ1) is 32.1. The quantitative estimate of drug-likeness (QED) is 0.0566. The molecule has 0 unspecified atom stereocenters. The Kier molecular flexibility index (Phi) is 35.4. The molecule has 0 radical (unpaired) electrons. The summed E-state index contributed by atoms with van der Waals surface area (Å²) >= 11 is 0. The van der Waals surface area contributed by atoms with E-state index in [2.05, 4.69) is 16.0 Å². The molecule has 0 saturated carbocycles. The van der Waals surface area contributed by atoms with E-state index in [1.807, 2.05) is 0 Å². The molecule has 388 valence electrons. The van der Waals surface area contributed by atoms with E-state index in [0.717, 1.165) is 4.90 Å². The van der Waals surface area contributed by atoms with Gasteiger partial charge in [0.15, 0.2) is 0 Å². The van der Waals surface area contributed by atoms with Crippen molar-refractivity contribution in [2.75, 3.05) is 171 Å². The Morgan fingerprint density at radius 2 is 0.761 bits per heavy atom. The summed E-state index contributed by atoms with van der Waals surface area (Å²) in [5.41, 5.74) is -1.13. The van der Waals surface area contributed by atoms with Crippen LogP contribution in [0.25, 0.3) is 0 Å². The van der Waals surface area contributed by atoms with Gasteiger partial charge in [-0.1, -0.05) is 0 Å². The van der Waals surface area contributed by atoms with Gasteiger partial charge in [-0.15, -0.1) is 0 Å². The average Bonchev–Trinajstić information content (AvgIpc) is 3.58. The molecular weight excluding hydrogens is 887 g/mol. The van der Waals surface area contributed by atoms with Crippen LogP contribution in [0.4, 0.5) is 9.59 Å². The summed E-state index contributed by atoms with van der Waals surface area (Å²) in [6.07, 6.45) is 1.56. The minimum atomic E-state index is -0.563. The number of hydrogen-bond donors (Lipinski definition) is 3. The molecule has 0 aliphatic carbocycles. The van der Waals surface area contributed by atoms with Crippen LogP contribution in [0.15, 0.2) is 12.2 Å². The molecular formula is C44H79N5O18. The fourth-order valence-electron chi connectivity index (χ4n) is 5.17. The third-order valence-electron chi connectivity index (χ3n) is 8.29. The molecule has 0 aromatic rings. The third kappa shape index (κ3) is 38.6. The topological polar surface area (TPSA) is 256 Å². The van der Waals surface area contributed by atoms with Crippen LogP contribution in [0, 0.1) is 0 Å². The van der Waals surface area contributed by atoms with Crippen LogP contribution in [0.2, 0.25) is 0 Å². The Morgan fingerprint density at radius 1 is 0.448 bits per heavy atom. The average molecular weight is 966 g/mol. The summed E-state index contributed by atoms with van der Waals surface area (Å²) in [6.45, 7) is 19.0. The van der Waals surface area contributed by atoms with Gasteiger partial charge in [-0.25, -0.2) is 9.59 Å². The van der Waals surface area contributed by atoms with Gasteiger partial charge in [0.1, 0.15) is 11.2 Å². The zero-order valence-electron chi connectivity index (χ0n) is 40.7. The Morgan fingerprint density at radius 3 is 1.12 bits per heavy atom. The molecule has 1 aliphatic heterocycles. The molecule has 1 aliphatic rings. The van der Waals surface area contributed by atoms with Gasteiger partial charge in [0.2, 0.25) is 11.8 Å². The molecule has 0 saturated heterocycles. The van der Waals surface area contributed by atoms with Crippen molar-refractivity contribution in [1.29, 1.82) is 0 Å². The van der Waals surface area contributed by atoms with Crippen LogP contribution in [0.1, 0.15) is 54.4 Å². The molecule has 1 heterocycles. The summed E-state index contributed by atoms with van der Waals surface area (Å²) in [7, 11) is 0. The monoisotopic (exact) mass is 966 g/mol. The summed E-state index contributed by atoms with van der Waals surface area (Å²) in [6, 6.07) is 0. The van der Waals surface area contributed by atoms with E-state index in [1.54, 1.807) is 46.4 Å². The van der Waals surface area contributed by atoms with Gasteiger partial charge in [-0.3, -0.25) is 24.1 Å². The van der Waals surface area contributed by atoms with Crippen molar-refractivity contribution in [3.8, 4) is 0 Å². The largest absolute Gasteiger partial charge is 0.444 e. The zero-order valence-corrected chi connectivity index (χ0v) is 40.7. The normalized spacial score (nSPS) is 12.7. The van der Waals surface area contributed by atoms with Crippen LogP contribution in [0.3, 0.4) is 0 Å². The van der Waals surface area contributed by atoms with Crippen molar-refractivity contribution in [2.45, 2.75) is 65.6 Å². The smallest absolute Gasteiger partial charge is 0.407 e. The third-order valence-corrected chi connectivity index (χ3v) is 8.29. The first-order valence-corrected chi connectivity index (χ1v) is 22.9. The maximum Gasteiger partial charge on any atom is 0.407 e. The van der Waals surface area contributed by atoms with Crippen LogP contribution in [-0.4, -0.2) is 228 Å². The van der Waals surface area contributed by atoms with Crippen molar-refractivity contribution in [3.05, 3.63) is 12.2 Å². The Balaban J connectivity index is 2.18. The minimum Gasteiger partial charge on any atom is -0.444 e. The van der Waals surface area contributed by atoms with Gasteiger partial charge in [-0.2, -0.15) is 0 Å². The molecule has 0 aromatic carbocycles. The summed E-state index contributed by atoms with van der Waals surface area (Å²) in [4.78, 5) is 74.1. The molecule has 0 bridgehead atoms. The zero-order chi connectivity index (χ0) is 49.4. The van der Waals surface area contributed by atoms with Crippen LogP contribution < -0.4 is 16.0 Å². The maximum absolute atomic E-state index is 13.1. The molecule has 23 nitrogen and oxygen atoms in total. The molecule has 0 spiro atoms. The second kappa shape index (κ2) is 38.9. The standard InChI is InChI=1S/C44H79N5O18/c1-43(2,3)66-41(54)46-12-19-58-25-31-63-33-27-60-21-15-48(16-22-61-28-34-64-32-26-59-20-13-47-42(55)67-44(4,5)6)38(51)10-17-56-23-29-62-35-36-65-30-24-57-18-11-45-37(50)9-14-49-39(52)7-8-40(49)53/h7-8H,9-36H2,1-6H3,(H,45,50)(H,46,54)(H,47,55). The van der Waals surface area contributed by atoms with Crippen molar-refractivity contribution in [1.82, 2.24) is 25.8 Å². The number of alkyl carbamates (subject to hydrolysis) is 2. The fraction of sp³-hybridized carbons (Fsp3) is 0.818. The Bertz CT molecular complexity index is 1320. The highest BCUT2D eigenvalue weighted by Gasteiger charge is 2.23. The molecule has 0 atom stereocenters. The van der Waals surface area contributed by atoms with E-state index in [1.165, 1.54) is 12.2 Å². The van der Waals surface area contributed by atoms with Crippen molar-refractivity contribution in [2.24, 2.45) is 0 Å². The van der Waals surface area contributed by atoms with Crippen LogP contribution in [-0.2, 0) is 76.0 Å². The minimum absolute atomic E-state index is 0.0216. The second-order valence-corrected chi connectivity index (χ2v) is 16.4. The first kappa shape index (κ1) is 61.0. The number of ether oxygens (including phenoxy) is 12. The number of rotatable bonds is 42.